The molecule has 108 valence electrons. The summed E-state index contributed by atoms with van der Waals surface area (Å²) in [5.74, 6) is -0.917. The molecule has 1 aliphatic rings. The number of rotatable bonds is 2. The van der Waals surface area contributed by atoms with Gasteiger partial charge < -0.3 is 9.64 Å². The molecule has 2 rings (SSSR count). The monoisotopic (exact) mass is 316 g/mol. The lowest BCUT2D eigenvalue weighted by atomic mass is 9.99. The largest absolute Gasteiger partial charge is 0.469 e. The van der Waals surface area contributed by atoms with Crippen LogP contribution in [-0.4, -0.2) is 42.0 Å². The number of hydrogen-bond acceptors (Lipinski definition) is 4. The zero-order valence-corrected chi connectivity index (χ0v) is 12.6. The number of methoxy groups -OCH3 is 1. The summed E-state index contributed by atoms with van der Waals surface area (Å²) in [6.45, 7) is 2.67. The van der Waals surface area contributed by atoms with Gasteiger partial charge in [0.1, 0.15) is 10.8 Å². The number of halogens is 2. The van der Waals surface area contributed by atoms with Gasteiger partial charge in [-0.3, -0.25) is 9.59 Å². The number of aromatic nitrogens is 1. The Morgan fingerprint density at radius 2 is 2.05 bits per heavy atom. The van der Waals surface area contributed by atoms with Gasteiger partial charge in [-0.1, -0.05) is 30.1 Å². The molecule has 2 atom stereocenters. The zero-order chi connectivity index (χ0) is 14.9. The molecule has 5 nitrogen and oxygen atoms in total. The van der Waals surface area contributed by atoms with Crippen LogP contribution in [0.4, 0.5) is 0 Å². The minimum Gasteiger partial charge on any atom is -0.469 e. The predicted octanol–water partition coefficient (Wildman–Crippen LogP) is 2.27. The van der Waals surface area contributed by atoms with Gasteiger partial charge in [-0.15, -0.1) is 0 Å². The molecule has 1 amide bonds. The minimum absolute atomic E-state index is 0.0318. The molecule has 2 unspecified atom stereocenters. The maximum atomic E-state index is 12.4. The van der Waals surface area contributed by atoms with E-state index >= 15 is 0 Å². The van der Waals surface area contributed by atoms with Crippen molar-refractivity contribution in [1.82, 2.24) is 9.88 Å². The number of ether oxygens (including phenoxy) is 1. The number of esters is 1. The zero-order valence-electron chi connectivity index (χ0n) is 11.1. The van der Waals surface area contributed by atoms with Gasteiger partial charge in [0, 0.05) is 13.1 Å². The summed E-state index contributed by atoms with van der Waals surface area (Å²) in [5, 5.41) is 0.447. The Bertz CT molecular complexity index is 550. The first-order chi connectivity index (χ1) is 9.43. The number of likely N-dealkylation sites (tertiary alicyclic amines) is 1. The normalized spacial score (nSPS) is 21.9. The number of amides is 1. The number of carbonyl (C=O) groups is 2. The Morgan fingerprint density at radius 1 is 1.35 bits per heavy atom. The van der Waals surface area contributed by atoms with Crippen LogP contribution < -0.4 is 0 Å². The second-order valence-corrected chi connectivity index (χ2v) is 5.58. The highest BCUT2D eigenvalue weighted by molar-refractivity contribution is 6.34. The van der Waals surface area contributed by atoms with Gasteiger partial charge >= 0.3 is 5.97 Å². The Kier molecular flexibility index (Phi) is 4.50. The van der Waals surface area contributed by atoms with Crippen LogP contribution in [0, 0.1) is 11.8 Å². The van der Waals surface area contributed by atoms with Gasteiger partial charge in [-0.05, 0) is 18.1 Å². The minimum atomic E-state index is -0.323. The summed E-state index contributed by atoms with van der Waals surface area (Å²) < 4.78 is 4.74. The average molecular weight is 317 g/mol. The van der Waals surface area contributed by atoms with Gasteiger partial charge in [0.25, 0.3) is 5.91 Å². The Labute approximate surface area is 126 Å². The third-order valence-electron chi connectivity index (χ3n) is 3.42. The van der Waals surface area contributed by atoms with Crippen molar-refractivity contribution in [3.63, 3.8) is 0 Å². The van der Waals surface area contributed by atoms with E-state index in [1.54, 1.807) is 4.90 Å². The summed E-state index contributed by atoms with van der Waals surface area (Å²) in [5.41, 5.74) is 0.108. The molecule has 0 N–H and O–H groups in total. The Hall–Kier alpha value is -1.33. The number of carbonyl (C=O) groups excluding carboxylic acids is 2. The number of nitrogens with zero attached hydrogens (tertiary/aromatic N) is 2. The lowest BCUT2D eigenvalue weighted by Crippen LogP contribution is -2.31. The molecule has 7 heteroatoms. The highest BCUT2D eigenvalue weighted by atomic mass is 35.5. The summed E-state index contributed by atoms with van der Waals surface area (Å²) in [6.07, 6.45) is 0. The maximum Gasteiger partial charge on any atom is 0.310 e. The van der Waals surface area contributed by atoms with E-state index in [1.807, 2.05) is 6.92 Å². The standard InChI is InChI=1S/C13H14Cl2N2O3/c1-7-5-17(6-8(7)13(19)20-2)12(18)11-9(14)3-4-10(15)16-11/h3-4,7-8H,5-6H2,1-2H3. The second-order valence-electron chi connectivity index (χ2n) is 4.78. The summed E-state index contributed by atoms with van der Waals surface area (Å²) >= 11 is 11.8. The molecule has 1 aliphatic heterocycles. The maximum absolute atomic E-state index is 12.4. The van der Waals surface area contributed by atoms with E-state index in [-0.39, 0.29) is 39.6 Å². The summed E-state index contributed by atoms with van der Waals surface area (Å²) in [7, 11) is 1.34. The van der Waals surface area contributed by atoms with E-state index in [9.17, 15) is 9.59 Å². The van der Waals surface area contributed by atoms with Crippen LogP contribution in [0.1, 0.15) is 17.4 Å². The molecule has 20 heavy (non-hydrogen) atoms. The van der Waals surface area contributed by atoms with Crippen molar-refractivity contribution in [3.8, 4) is 0 Å². The average Bonchev–Trinajstić information content (AvgIpc) is 2.82. The van der Waals surface area contributed by atoms with Crippen molar-refractivity contribution in [2.75, 3.05) is 20.2 Å². The molecule has 1 aromatic rings. The molecule has 1 aromatic heterocycles. The fraction of sp³-hybridized carbons (Fsp3) is 0.462. The van der Waals surface area contributed by atoms with Crippen LogP contribution in [0.5, 0.6) is 0 Å². The van der Waals surface area contributed by atoms with Crippen molar-refractivity contribution >= 4 is 35.1 Å². The molecular weight excluding hydrogens is 303 g/mol. The molecule has 0 aliphatic carbocycles. The van der Waals surface area contributed by atoms with E-state index in [1.165, 1.54) is 19.2 Å². The highest BCUT2D eigenvalue weighted by Crippen LogP contribution is 2.27. The van der Waals surface area contributed by atoms with Crippen molar-refractivity contribution in [1.29, 1.82) is 0 Å². The van der Waals surface area contributed by atoms with Gasteiger partial charge in [0.15, 0.2) is 0 Å². The van der Waals surface area contributed by atoms with Crippen LogP contribution in [-0.2, 0) is 9.53 Å². The lowest BCUT2D eigenvalue weighted by molar-refractivity contribution is -0.146. The predicted molar refractivity (Wildman–Crippen MR) is 74.8 cm³/mol. The quantitative estimate of drug-likeness (QED) is 0.620. The van der Waals surface area contributed by atoms with Gasteiger partial charge in [-0.2, -0.15) is 0 Å². The first-order valence-electron chi connectivity index (χ1n) is 6.13. The highest BCUT2D eigenvalue weighted by Gasteiger charge is 2.38. The van der Waals surface area contributed by atoms with Crippen molar-refractivity contribution < 1.29 is 14.3 Å². The fourth-order valence-electron chi connectivity index (χ4n) is 2.31. The number of hydrogen-bond donors (Lipinski definition) is 0. The van der Waals surface area contributed by atoms with E-state index in [2.05, 4.69) is 4.98 Å². The van der Waals surface area contributed by atoms with Crippen LogP contribution in [0.2, 0.25) is 10.2 Å². The van der Waals surface area contributed by atoms with E-state index in [4.69, 9.17) is 27.9 Å². The van der Waals surface area contributed by atoms with Crippen molar-refractivity contribution in [2.24, 2.45) is 11.8 Å². The molecular formula is C13H14Cl2N2O3. The second kappa shape index (κ2) is 5.97. The molecule has 0 saturated carbocycles. The molecule has 2 heterocycles. The Morgan fingerprint density at radius 3 is 2.70 bits per heavy atom. The van der Waals surface area contributed by atoms with E-state index in [0.717, 1.165) is 0 Å². The van der Waals surface area contributed by atoms with Crippen molar-refractivity contribution in [2.45, 2.75) is 6.92 Å². The summed E-state index contributed by atoms with van der Waals surface area (Å²) in [6, 6.07) is 3.05. The Balaban J connectivity index is 2.19. The fourth-order valence-corrected chi connectivity index (χ4v) is 2.64. The van der Waals surface area contributed by atoms with Crippen LogP contribution in [0.3, 0.4) is 0 Å². The molecule has 0 spiro atoms. The topological polar surface area (TPSA) is 59.5 Å². The summed E-state index contributed by atoms with van der Waals surface area (Å²) in [4.78, 5) is 29.5. The van der Waals surface area contributed by atoms with Gasteiger partial charge in [0.05, 0.1) is 18.1 Å². The van der Waals surface area contributed by atoms with Crippen LogP contribution in [0.25, 0.3) is 0 Å². The first-order valence-corrected chi connectivity index (χ1v) is 6.88. The molecule has 0 aromatic carbocycles. The van der Waals surface area contributed by atoms with E-state index in [0.29, 0.717) is 13.1 Å². The molecule has 0 radical (unpaired) electrons. The molecule has 1 fully saturated rings. The van der Waals surface area contributed by atoms with E-state index < -0.39 is 0 Å². The SMILES string of the molecule is COC(=O)C1CN(C(=O)c2nc(Cl)ccc2Cl)CC1C. The number of pyridine rings is 1. The molecule has 1 saturated heterocycles. The lowest BCUT2D eigenvalue weighted by Gasteiger charge is -2.16. The smallest absolute Gasteiger partial charge is 0.310 e. The van der Waals surface area contributed by atoms with Gasteiger partial charge in [-0.25, -0.2) is 4.98 Å². The first kappa shape index (κ1) is 15.1. The van der Waals surface area contributed by atoms with Gasteiger partial charge in [0.2, 0.25) is 0 Å². The molecule has 0 bridgehead atoms. The third-order valence-corrected chi connectivity index (χ3v) is 3.93. The third kappa shape index (κ3) is 2.88. The van der Waals surface area contributed by atoms with Crippen LogP contribution in [0.15, 0.2) is 12.1 Å². The van der Waals surface area contributed by atoms with Crippen molar-refractivity contribution in [3.05, 3.63) is 28.0 Å². The van der Waals surface area contributed by atoms with Crippen LogP contribution >= 0.6 is 23.2 Å².